The van der Waals surface area contributed by atoms with Gasteiger partial charge in [0.1, 0.15) is 22.9 Å². The molecule has 0 unspecified atom stereocenters. The number of oxime groups is 1. The topological polar surface area (TPSA) is 246 Å². The number of amides is 4. The third-order valence-corrected chi connectivity index (χ3v) is 9.71. The molecule has 0 aliphatic heterocycles. The van der Waals surface area contributed by atoms with Crippen molar-refractivity contribution in [2.24, 2.45) is 10.9 Å². The molecular formula is C30H34ClN9O7S. The molecule has 0 saturated carbocycles. The predicted octanol–water partition coefficient (Wildman–Crippen LogP) is 2.82. The third-order valence-electron chi connectivity index (χ3n) is 7.56. The Labute approximate surface area is 280 Å². The Hall–Kier alpha value is -5.55. The number of carbonyl (C=O) groups excluding carboxylic acids is 4. The standard InChI is InChI=1S/C30H34ClN9O7S/c1-16-21(19-4-6-20(7-5-19)48(46,47)11-9-31)14-40(36-15-41)27(16)30(44)38-23-13-35-26(18(23)3)29(43)37-22-12-34-25(17(22)2)28(42)33-10-8-24(32)39-45/h4-7,12-15,34-35,45H,8-11H2,1-3H3,(H2,32,39)(H,33,42)(H,36,41)(H,37,43)(H,38,44). The first-order valence-electron chi connectivity index (χ1n) is 14.4. The molecule has 254 valence electrons. The van der Waals surface area contributed by atoms with Crippen LogP contribution in [0.25, 0.3) is 11.1 Å². The Morgan fingerprint density at radius 3 is 2.10 bits per heavy atom. The third kappa shape index (κ3) is 7.53. The van der Waals surface area contributed by atoms with Crippen LogP contribution < -0.4 is 27.1 Å². The number of aromatic amines is 2. The number of nitrogens with two attached hydrogens (primary N) is 1. The summed E-state index contributed by atoms with van der Waals surface area (Å²) >= 11 is 5.62. The van der Waals surface area contributed by atoms with Gasteiger partial charge in [0.2, 0.25) is 6.41 Å². The van der Waals surface area contributed by atoms with E-state index in [1.54, 1.807) is 32.9 Å². The summed E-state index contributed by atoms with van der Waals surface area (Å²) in [4.78, 5) is 56.4. The van der Waals surface area contributed by atoms with E-state index < -0.39 is 27.6 Å². The zero-order valence-electron chi connectivity index (χ0n) is 26.1. The van der Waals surface area contributed by atoms with Gasteiger partial charge in [-0.2, -0.15) is 0 Å². The highest BCUT2D eigenvalue weighted by Gasteiger charge is 2.24. The van der Waals surface area contributed by atoms with Gasteiger partial charge >= 0.3 is 0 Å². The van der Waals surface area contributed by atoms with Crippen LogP contribution in [0.3, 0.4) is 0 Å². The van der Waals surface area contributed by atoms with Gasteiger partial charge in [-0.15, -0.1) is 11.6 Å². The van der Waals surface area contributed by atoms with Gasteiger partial charge in [-0.25, -0.2) is 8.42 Å². The second-order valence-corrected chi connectivity index (χ2v) is 13.1. The lowest BCUT2D eigenvalue weighted by molar-refractivity contribution is -0.106. The molecule has 0 spiro atoms. The largest absolute Gasteiger partial charge is 0.409 e. The first kappa shape index (κ1) is 35.3. The molecule has 0 saturated heterocycles. The number of hydrogen-bond acceptors (Lipinski definition) is 8. The Bertz CT molecular complexity index is 1990. The summed E-state index contributed by atoms with van der Waals surface area (Å²) in [6.07, 6.45) is 5.01. The summed E-state index contributed by atoms with van der Waals surface area (Å²) in [5.41, 5.74) is 11.6. The highest BCUT2D eigenvalue weighted by atomic mass is 35.5. The lowest BCUT2D eigenvalue weighted by atomic mass is 10.0. The van der Waals surface area contributed by atoms with Crippen LogP contribution in [0, 0.1) is 20.8 Å². The highest BCUT2D eigenvalue weighted by molar-refractivity contribution is 7.91. The number of carbonyl (C=O) groups is 4. The molecule has 4 aromatic rings. The van der Waals surface area contributed by atoms with Gasteiger partial charge in [-0.1, -0.05) is 17.3 Å². The van der Waals surface area contributed by atoms with E-state index in [1.807, 2.05) is 0 Å². The maximum absolute atomic E-state index is 13.5. The number of rotatable bonds is 14. The maximum atomic E-state index is 13.5. The molecule has 4 rings (SSSR count). The molecule has 48 heavy (non-hydrogen) atoms. The summed E-state index contributed by atoms with van der Waals surface area (Å²) in [6, 6.07) is 6.11. The number of nitrogens with zero attached hydrogens (tertiary/aromatic N) is 2. The summed E-state index contributed by atoms with van der Waals surface area (Å²) in [5.74, 6) is -1.84. The zero-order valence-corrected chi connectivity index (χ0v) is 27.7. The van der Waals surface area contributed by atoms with E-state index in [-0.39, 0.29) is 52.4 Å². The molecule has 0 bridgehead atoms. The predicted molar refractivity (Wildman–Crippen MR) is 180 cm³/mol. The second kappa shape index (κ2) is 14.9. The molecule has 3 heterocycles. The molecule has 0 aliphatic rings. The first-order valence-corrected chi connectivity index (χ1v) is 16.6. The van der Waals surface area contributed by atoms with Crippen LogP contribution in [0.2, 0.25) is 0 Å². The number of hydrogen-bond donors (Lipinski definition) is 8. The van der Waals surface area contributed by atoms with Crippen molar-refractivity contribution in [1.29, 1.82) is 0 Å². The van der Waals surface area contributed by atoms with Crippen molar-refractivity contribution >= 4 is 62.8 Å². The number of anilines is 2. The molecule has 9 N–H and O–H groups in total. The molecule has 4 amide bonds. The SMILES string of the molecule is Cc1c(NC(=O)c2[nH]cc(NC(=O)c3c(C)c(-c4ccc(S(=O)(=O)CCCl)cc4)cn3NC=O)c2C)c[nH]c1C(=O)NCCC(N)=NO. The lowest BCUT2D eigenvalue weighted by Crippen LogP contribution is -2.28. The fourth-order valence-corrected chi connectivity index (χ4v) is 6.52. The van der Waals surface area contributed by atoms with Crippen LogP contribution >= 0.6 is 11.6 Å². The first-order chi connectivity index (χ1) is 22.8. The van der Waals surface area contributed by atoms with E-state index >= 15 is 0 Å². The van der Waals surface area contributed by atoms with Crippen molar-refractivity contribution in [3.63, 3.8) is 0 Å². The minimum absolute atomic E-state index is 0.0315. The number of nitrogens with one attached hydrogen (secondary N) is 6. The fraction of sp³-hybridized carbons (Fsp3) is 0.233. The van der Waals surface area contributed by atoms with Gasteiger partial charge in [-0.3, -0.25) is 29.3 Å². The molecule has 3 aromatic heterocycles. The minimum atomic E-state index is -3.54. The molecule has 16 nitrogen and oxygen atoms in total. The quantitative estimate of drug-likeness (QED) is 0.0242. The normalized spacial score (nSPS) is 11.6. The number of amidine groups is 1. The average Bonchev–Trinajstić information content (AvgIpc) is 3.71. The fourth-order valence-electron chi connectivity index (χ4n) is 4.92. The van der Waals surface area contributed by atoms with Crippen LogP contribution in [0.15, 0.2) is 52.9 Å². The molecule has 0 aliphatic carbocycles. The number of sulfone groups is 1. The van der Waals surface area contributed by atoms with E-state index in [1.165, 1.54) is 35.4 Å². The van der Waals surface area contributed by atoms with Gasteiger partial charge in [0, 0.05) is 54.1 Å². The van der Waals surface area contributed by atoms with Crippen LogP contribution in [0.1, 0.15) is 54.6 Å². The van der Waals surface area contributed by atoms with Gasteiger partial charge in [0.15, 0.2) is 9.84 Å². The van der Waals surface area contributed by atoms with Crippen LogP contribution in [-0.2, 0) is 14.6 Å². The van der Waals surface area contributed by atoms with E-state index in [4.69, 9.17) is 22.5 Å². The van der Waals surface area contributed by atoms with Gasteiger partial charge in [0.25, 0.3) is 17.7 Å². The van der Waals surface area contributed by atoms with Crippen molar-refractivity contribution < 1.29 is 32.8 Å². The van der Waals surface area contributed by atoms with Crippen molar-refractivity contribution in [3.8, 4) is 11.1 Å². The number of alkyl halides is 1. The summed E-state index contributed by atoms with van der Waals surface area (Å²) in [6.45, 7) is 5.10. The number of aromatic nitrogens is 3. The van der Waals surface area contributed by atoms with Gasteiger partial charge in [0.05, 0.1) is 22.0 Å². The average molecular weight is 700 g/mol. The Morgan fingerprint density at radius 2 is 1.54 bits per heavy atom. The smallest absolute Gasteiger partial charge is 0.274 e. The highest BCUT2D eigenvalue weighted by Crippen LogP contribution is 2.30. The number of H-pyrrole nitrogens is 2. The summed E-state index contributed by atoms with van der Waals surface area (Å²) in [5, 5.41) is 19.6. The number of halogens is 1. The lowest BCUT2D eigenvalue weighted by Gasteiger charge is -2.10. The maximum Gasteiger partial charge on any atom is 0.274 e. The Kier molecular flexibility index (Phi) is 11.0. The monoisotopic (exact) mass is 699 g/mol. The second-order valence-electron chi connectivity index (χ2n) is 10.6. The van der Waals surface area contributed by atoms with E-state index in [2.05, 4.69) is 36.5 Å². The number of benzene rings is 1. The van der Waals surface area contributed by atoms with Crippen LogP contribution in [0.4, 0.5) is 11.4 Å². The van der Waals surface area contributed by atoms with Crippen LogP contribution in [-0.4, -0.2) is 76.4 Å². The molecule has 1 aromatic carbocycles. The van der Waals surface area contributed by atoms with E-state index in [9.17, 15) is 27.6 Å². The zero-order chi connectivity index (χ0) is 35.2. The minimum Gasteiger partial charge on any atom is -0.409 e. The Balaban J connectivity index is 1.50. The molecule has 0 radical (unpaired) electrons. The van der Waals surface area contributed by atoms with E-state index in [0.717, 1.165) is 0 Å². The summed E-state index contributed by atoms with van der Waals surface area (Å²) < 4.78 is 26.0. The summed E-state index contributed by atoms with van der Waals surface area (Å²) in [7, 11) is -3.54. The molecule has 18 heteroatoms. The molecule has 0 fully saturated rings. The van der Waals surface area contributed by atoms with Crippen molar-refractivity contribution in [2.75, 3.05) is 34.2 Å². The van der Waals surface area contributed by atoms with Gasteiger partial charge < -0.3 is 36.9 Å². The Morgan fingerprint density at radius 1 is 0.958 bits per heavy atom. The molecular weight excluding hydrogens is 666 g/mol. The van der Waals surface area contributed by atoms with E-state index in [0.29, 0.717) is 45.6 Å². The van der Waals surface area contributed by atoms with Crippen molar-refractivity contribution in [1.82, 2.24) is 20.0 Å². The van der Waals surface area contributed by atoms with Crippen molar-refractivity contribution in [2.45, 2.75) is 32.1 Å². The van der Waals surface area contributed by atoms with Crippen LogP contribution in [0.5, 0.6) is 0 Å². The van der Waals surface area contributed by atoms with Crippen molar-refractivity contribution in [3.05, 3.63) is 76.6 Å². The molecule has 0 atom stereocenters. The van der Waals surface area contributed by atoms with Gasteiger partial charge in [-0.05, 0) is 44.0 Å².